The van der Waals surface area contributed by atoms with Crippen LogP contribution in [0.3, 0.4) is 0 Å². The monoisotopic (exact) mass is 246 g/mol. The number of carbonyl (C=O) groups is 2. The predicted molar refractivity (Wildman–Crippen MR) is 63.9 cm³/mol. The van der Waals surface area contributed by atoms with Crippen LogP contribution in [-0.4, -0.2) is 42.9 Å². The van der Waals surface area contributed by atoms with E-state index >= 15 is 0 Å². The van der Waals surface area contributed by atoms with Gasteiger partial charge in [0, 0.05) is 7.11 Å². The van der Waals surface area contributed by atoms with Crippen molar-refractivity contribution in [3.63, 3.8) is 0 Å². The number of hydrogen-bond donors (Lipinski definition) is 3. The van der Waals surface area contributed by atoms with E-state index in [1.54, 1.807) is 27.7 Å². The summed E-state index contributed by atoms with van der Waals surface area (Å²) >= 11 is 0. The van der Waals surface area contributed by atoms with E-state index in [4.69, 9.17) is 9.84 Å². The van der Waals surface area contributed by atoms with Gasteiger partial charge < -0.3 is 20.5 Å². The molecule has 0 radical (unpaired) electrons. The van der Waals surface area contributed by atoms with Crippen LogP contribution in [-0.2, 0) is 9.53 Å². The molecule has 2 amide bonds. The Morgan fingerprint density at radius 3 is 2.18 bits per heavy atom. The molecule has 0 aromatic rings. The molecule has 0 bridgehead atoms. The first kappa shape index (κ1) is 15.7. The van der Waals surface area contributed by atoms with E-state index in [1.807, 2.05) is 0 Å². The van der Waals surface area contributed by atoms with Crippen LogP contribution in [0.15, 0.2) is 0 Å². The summed E-state index contributed by atoms with van der Waals surface area (Å²) in [5.74, 6) is -1.05. The second kappa shape index (κ2) is 6.44. The van der Waals surface area contributed by atoms with Crippen LogP contribution >= 0.6 is 0 Å². The van der Waals surface area contributed by atoms with Crippen LogP contribution in [0.2, 0.25) is 0 Å². The molecule has 1 unspecified atom stereocenters. The van der Waals surface area contributed by atoms with Gasteiger partial charge >= 0.3 is 12.0 Å². The minimum atomic E-state index is -1.05. The topological polar surface area (TPSA) is 87.7 Å². The summed E-state index contributed by atoms with van der Waals surface area (Å²) in [6.07, 6.45) is 0. The van der Waals surface area contributed by atoms with Gasteiger partial charge in [0.15, 0.2) is 0 Å². The zero-order chi connectivity index (χ0) is 13.6. The number of nitrogens with one attached hydrogen (secondary N) is 2. The third-order valence-corrected chi connectivity index (χ3v) is 2.18. The van der Waals surface area contributed by atoms with Gasteiger partial charge in [-0.15, -0.1) is 0 Å². The molecule has 3 N–H and O–H groups in total. The summed E-state index contributed by atoms with van der Waals surface area (Å²) in [6, 6.07) is -1.61. The van der Waals surface area contributed by atoms with Crippen LogP contribution in [0.25, 0.3) is 0 Å². The first-order chi connectivity index (χ1) is 7.68. The van der Waals surface area contributed by atoms with Crippen LogP contribution in [0, 0.1) is 5.41 Å². The number of amides is 2. The lowest BCUT2D eigenvalue weighted by atomic mass is 9.87. The molecule has 0 aliphatic carbocycles. The van der Waals surface area contributed by atoms with E-state index in [0.717, 1.165) is 0 Å². The minimum Gasteiger partial charge on any atom is -0.480 e. The van der Waals surface area contributed by atoms with E-state index in [-0.39, 0.29) is 6.04 Å². The van der Waals surface area contributed by atoms with E-state index in [0.29, 0.717) is 6.61 Å². The summed E-state index contributed by atoms with van der Waals surface area (Å²) in [5.41, 5.74) is -0.548. The number of carboxylic acids is 1. The Kier molecular flexibility index (Phi) is 5.95. The first-order valence-corrected chi connectivity index (χ1v) is 5.47. The Hall–Kier alpha value is -1.30. The Bertz CT molecular complexity index is 273. The first-order valence-electron chi connectivity index (χ1n) is 5.47. The van der Waals surface area contributed by atoms with Crippen LogP contribution in [0.4, 0.5) is 4.79 Å². The highest BCUT2D eigenvalue weighted by molar-refractivity contribution is 5.83. The Morgan fingerprint density at radius 2 is 1.82 bits per heavy atom. The zero-order valence-corrected chi connectivity index (χ0v) is 11.0. The third kappa shape index (κ3) is 6.11. The van der Waals surface area contributed by atoms with Crippen LogP contribution < -0.4 is 10.6 Å². The Labute approximate surface area is 102 Å². The fourth-order valence-corrected chi connectivity index (χ4v) is 1.34. The van der Waals surface area contributed by atoms with Crippen LogP contribution in [0.1, 0.15) is 27.7 Å². The fourth-order valence-electron chi connectivity index (χ4n) is 1.34. The van der Waals surface area contributed by atoms with E-state index < -0.39 is 23.5 Å². The molecule has 0 rings (SSSR count). The smallest absolute Gasteiger partial charge is 0.326 e. The maximum absolute atomic E-state index is 11.5. The van der Waals surface area contributed by atoms with Crippen molar-refractivity contribution in [3.05, 3.63) is 0 Å². The largest absolute Gasteiger partial charge is 0.480 e. The maximum Gasteiger partial charge on any atom is 0.326 e. The Morgan fingerprint density at radius 1 is 1.29 bits per heavy atom. The lowest BCUT2D eigenvalue weighted by Gasteiger charge is -2.28. The van der Waals surface area contributed by atoms with Crippen molar-refractivity contribution in [3.8, 4) is 0 Å². The molecule has 6 nitrogen and oxygen atoms in total. The predicted octanol–water partition coefficient (Wildman–Crippen LogP) is 0.820. The highest BCUT2D eigenvalue weighted by atomic mass is 16.5. The molecule has 0 aromatic heterocycles. The molecule has 100 valence electrons. The van der Waals surface area contributed by atoms with E-state index in [2.05, 4.69) is 10.6 Å². The van der Waals surface area contributed by atoms with Gasteiger partial charge in [0.05, 0.1) is 12.6 Å². The van der Waals surface area contributed by atoms with Crippen molar-refractivity contribution in [1.82, 2.24) is 10.6 Å². The van der Waals surface area contributed by atoms with Crippen molar-refractivity contribution in [2.45, 2.75) is 39.8 Å². The van der Waals surface area contributed by atoms with Crippen molar-refractivity contribution >= 4 is 12.0 Å². The number of aliphatic carboxylic acids is 1. The molecule has 2 atom stereocenters. The summed E-state index contributed by atoms with van der Waals surface area (Å²) in [6.45, 7) is 7.41. The lowest BCUT2D eigenvalue weighted by molar-refractivity contribution is -0.141. The third-order valence-electron chi connectivity index (χ3n) is 2.18. The average molecular weight is 246 g/mol. The maximum atomic E-state index is 11.5. The summed E-state index contributed by atoms with van der Waals surface area (Å²) < 4.78 is 4.87. The fraction of sp³-hybridized carbons (Fsp3) is 0.818. The Balaban J connectivity index is 4.38. The van der Waals surface area contributed by atoms with Gasteiger partial charge in [-0.3, -0.25) is 0 Å². The van der Waals surface area contributed by atoms with Gasteiger partial charge in [0.1, 0.15) is 6.04 Å². The van der Waals surface area contributed by atoms with Crippen molar-refractivity contribution < 1.29 is 19.4 Å². The molecule has 0 heterocycles. The molecule has 0 aliphatic rings. The van der Waals surface area contributed by atoms with Crippen molar-refractivity contribution in [1.29, 1.82) is 0 Å². The normalized spacial score (nSPS) is 14.9. The molecule has 0 saturated carbocycles. The molecule has 17 heavy (non-hydrogen) atoms. The van der Waals surface area contributed by atoms with Gasteiger partial charge in [0.2, 0.25) is 0 Å². The molecule has 0 saturated heterocycles. The molecule has 0 fully saturated rings. The lowest BCUT2D eigenvalue weighted by Crippen LogP contribution is -2.54. The van der Waals surface area contributed by atoms with Crippen LogP contribution in [0.5, 0.6) is 0 Å². The second-order valence-electron chi connectivity index (χ2n) is 5.11. The summed E-state index contributed by atoms with van der Waals surface area (Å²) in [4.78, 5) is 22.6. The highest BCUT2D eigenvalue weighted by Crippen LogP contribution is 2.19. The molecule has 0 spiro atoms. The van der Waals surface area contributed by atoms with Gasteiger partial charge in [-0.2, -0.15) is 0 Å². The molecule has 0 aliphatic heterocycles. The van der Waals surface area contributed by atoms with Gasteiger partial charge in [0.25, 0.3) is 0 Å². The second-order valence-corrected chi connectivity index (χ2v) is 5.11. The minimum absolute atomic E-state index is 0.172. The average Bonchev–Trinajstić information content (AvgIpc) is 2.12. The summed E-state index contributed by atoms with van der Waals surface area (Å²) in [5, 5.41) is 14.1. The number of rotatable bonds is 5. The molecule has 0 aromatic carbocycles. The van der Waals surface area contributed by atoms with Gasteiger partial charge in [-0.1, -0.05) is 20.8 Å². The van der Waals surface area contributed by atoms with Gasteiger partial charge in [-0.25, -0.2) is 9.59 Å². The number of urea groups is 1. The summed E-state index contributed by atoms with van der Waals surface area (Å²) in [7, 11) is 1.53. The van der Waals surface area contributed by atoms with E-state index in [9.17, 15) is 9.59 Å². The molecular formula is C11H22N2O4. The molecule has 6 heteroatoms. The van der Waals surface area contributed by atoms with Crippen molar-refractivity contribution in [2.75, 3.05) is 13.7 Å². The number of methoxy groups -OCH3 is 1. The van der Waals surface area contributed by atoms with Crippen molar-refractivity contribution in [2.24, 2.45) is 5.41 Å². The molecular weight excluding hydrogens is 224 g/mol. The van der Waals surface area contributed by atoms with Gasteiger partial charge in [-0.05, 0) is 12.3 Å². The standard InChI is InChI=1S/C11H22N2O4/c1-7(6-17-5)12-10(16)13-8(9(14)15)11(2,3)4/h7-8H,6H2,1-5H3,(H,14,15)(H2,12,13,16)/t7?,8-/m1/s1. The number of carbonyl (C=O) groups excluding carboxylic acids is 1. The highest BCUT2D eigenvalue weighted by Gasteiger charge is 2.32. The number of carboxylic acid groups (broad SMARTS) is 1. The SMILES string of the molecule is COCC(C)NC(=O)N[C@H](C(=O)O)C(C)(C)C. The number of hydrogen-bond acceptors (Lipinski definition) is 3. The number of ether oxygens (including phenoxy) is 1. The zero-order valence-electron chi connectivity index (χ0n) is 11.0. The van der Waals surface area contributed by atoms with E-state index in [1.165, 1.54) is 7.11 Å². The quantitative estimate of drug-likeness (QED) is 0.670.